The molecule has 0 fully saturated rings. The number of carboxylic acid groups (broad SMARTS) is 3. The third kappa shape index (κ3) is 16.6. The average molecular weight is 601 g/mol. The molecule has 2 aromatic carbocycles. The molecule has 11 heteroatoms. The molecule has 0 unspecified atom stereocenters. The molecule has 2 aromatic rings. The number of carboxylic acids is 3. The number of hydrogen-bond donors (Lipinski definition) is 0. The summed E-state index contributed by atoms with van der Waals surface area (Å²) in [5, 5.41) is 28.9. The summed E-state index contributed by atoms with van der Waals surface area (Å²) in [7, 11) is 0. The van der Waals surface area contributed by atoms with Crippen LogP contribution in [-0.2, 0) is 14.4 Å². The van der Waals surface area contributed by atoms with E-state index in [1.807, 2.05) is 36.4 Å². The Morgan fingerprint density at radius 1 is 0.667 bits per heavy atom. The van der Waals surface area contributed by atoms with Gasteiger partial charge < -0.3 is 29.7 Å². The zero-order chi connectivity index (χ0) is 24.0. The third-order valence-electron chi connectivity index (χ3n) is 2.55. The molecule has 0 aliphatic rings. The van der Waals surface area contributed by atoms with Gasteiger partial charge in [-0.1, -0.05) is 0 Å². The molecular weight excluding hydrogens is 585 g/mol. The van der Waals surface area contributed by atoms with Crippen molar-refractivity contribution < 1.29 is 29.7 Å². The molecule has 0 heterocycles. The van der Waals surface area contributed by atoms with Gasteiger partial charge in [-0.25, -0.2) is 0 Å². The van der Waals surface area contributed by atoms with Crippen molar-refractivity contribution in [2.75, 3.05) is 0 Å². The second-order valence-corrected chi connectivity index (χ2v) is 8.53. The monoisotopic (exact) mass is 600 g/mol. The molecule has 2 rings (SSSR count). The van der Waals surface area contributed by atoms with Crippen LogP contribution in [0.15, 0.2) is 36.4 Å². The van der Waals surface area contributed by atoms with Crippen LogP contribution in [0, 0.1) is 0 Å². The Bertz CT molecular complexity index is 769. The minimum absolute atomic E-state index is 0.265. The molecule has 0 saturated heterocycles. The predicted octanol–water partition coefficient (Wildman–Crippen LogP) is 1.83. The normalized spacial score (nSPS) is 9.13. The van der Waals surface area contributed by atoms with Crippen LogP contribution in [0.25, 0.3) is 0 Å². The number of hydrogen-bond acceptors (Lipinski definition) is 6. The van der Waals surface area contributed by atoms with Crippen molar-refractivity contribution in [3.8, 4) is 0 Å². The van der Waals surface area contributed by atoms with Crippen molar-refractivity contribution in [3.63, 3.8) is 0 Å². The van der Waals surface area contributed by atoms with E-state index in [9.17, 15) is 0 Å². The fraction of sp³-hybridized carbons (Fsp3) is 0.211. The molecule has 0 saturated carbocycles. The van der Waals surface area contributed by atoms with E-state index >= 15 is 0 Å². The first-order valence-corrected chi connectivity index (χ1v) is 11.0. The topological polar surface area (TPSA) is 120 Å². The van der Waals surface area contributed by atoms with Gasteiger partial charge in [-0.15, -0.1) is 0 Å². The van der Waals surface area contributed by atoms with Crippen molar-refractivity contribution in [1.82, 2.24) is 0 Å². The number of aliphatic carboxylic acids is 3. The number of benzene rings is 2. The number of carbonyl (C=O) groups is 3. The fourth-order valence-corrected chi connectivity index (χ4v) is 3.21. The van der Waals surface area contributed by atoms with Crippen molar-refractivity contribution in [3.05, 3.63) is 67.6 Å². The zero-order valence-corrected chi connectivity index (χ0v) is 21.9. The summed E-state index contributed by atoms with van der Waals surface area (Å²) >= 11 is 25.2. The molecule has 0 aromatic heterocycles. The zero-order valence-electron chi connectivity index (χ0n) is 16.0. The Morgan fingerprint density at radius 2 is 0.900 bits per heavy atom. The van der Waals surface area contributed by atoms with Gasteiger partial charge in [0.15, 0.2) is 0 Å². The van der Waals surface area contributed by atoms with Gasteiger partial charge in [0.05, 0.1) is 0 Å². The second kappa shape index (κ2) is 16.5. The van der Waals surface area contributed by atoms with E-state index in [0.29, 0.717) is 20.1 Å². The van der Waals surface area contributed by atoms with Gasteiger partial charge >= 0.3 is 140 Å². The Balaban J connectivity index is 0. The van der Waals surface area contributed by atoms with Gasteiger partial charge in [0.2, 0.25) is 0 Å². The van der Waals surface area contributed by atoms with E-state index < -0.39 is 17.9 Å². The SMILES string of the molecule is CC(=O)[O-].CC(=O)[O-].CC(=O)[O-].Clc1ccc([CH]([Sn+3])c2ccc(Cl)c(Cl)c2)cc1Cl. The maximum absolute atomic E-state index is 8.89. The molecule has 0 bridgehead atoms. The molecule has 0 N–H and O–H groups in total. The molecule has 160 valence electrons. The number of halogens is 4. The van der Waals surface area contributed by atoms with Gasteiger partial charge in [-0.3, -0.25) is 0 Å². The third-order valence-corrected chi connectivity index (χ3v) is 5.93. The molecule has 0 amide bonds. The number of carbonyl (C=O) groups excluding carboxylic acids is 3. The Morgan fingerprint density at radius 3 is 1.10 bits per heavy atom. The summed E-state index contributed by atoms with van der Waals surface area (Å²) in [6, 6.07) is 11.4. The molecule has 0 aliphatic carbocycles. The molecule has 30 heavy (non-hydrogen) atoms. The van der Waals surface area contributed by atoms with Gasteiger partial charge in [0.1, 0.15) is 0 Å². The van der Waals surface area contributed by atoms with E-state index in [-0.39, 0.29) is 3.93 Å². The maximum atomic E-state index is 8.89. The van der Waals surface area contributed by atoms with Gasteiger partial charge in [0, 0.05) is 17.9 Å². The minimum atomic E-state index is -1.08. The van der Waals surface area contributed by atoms with Crippen LogP contribution in [-0.4, -0.2) is 40.4 Å². The van der Waals surface area contributed by atoms with Crippen LogP contribution in [0.2, 0.25) is 20.1 Å². The average Bonchev–Trinajstić information content (AvgIpc) is 2.57. The van der Waals surface area contributed by atoms with Crippen LogP contribution < -0.4 is 15.3 Å². The Hall–Kier alpha value is -1.19. The van der Waals surface area contributed by atoms with Crippen LogP contribution >= 0.6 is 46.4 Å². The number of rotatable bonds is 2. The summed E-state index contributed by atoms with van der Waals surface area (Å²) in [6.45, 7) is 2.92. The second-order valence-electron chi connectivity index (χ2n) is 5.25. The van der Waals surface area contributed by atoms with E-state index in [2.05, 4.69) is 0 Å². The van der Waals surface area contributed by atoms with Gasteiger partial charge in [-0.05, 0) is 20.8 Å². The van der Waals surface area contributed by atoms with Crippen molar-refractivity contribution in [1.29, 1.82) is 0 Å². The summed E-state index contributed by atoms with van der Waals surface area (Å²) in [4.78, 5) is 26.7. The Kier molecular flexibility index (Phi) is 17.0. The van der Waals surface area contributed by atoms with Crippen LogP contribution in [0.1, 0.15) is 35.8 Å². The van der Waals surface area contributed by atoms with Gasteiger partial charge in [-0.2, -0.15) is 0 Å². The van der Waals surface area contributed by atoms with E-state index in [0.717, 1.165) is 31.9 Å². The van der Waals surface area contributed by atoms with E-state index in [1.54, 1.807) is 0 Å². The summed E-state index contributed by atoms with van der Waals surface area (Å²) in [6.07, 6.45) is 0. The van der Waals surface area contributed by atoms with Crippen molar-refractivity contribution >= 4 is 86.8 Å². The molecule has 0 aliphatic heterocycles. The van der Waals surface area contributed by atoms with Crippen LogP contribution in [0.3, 0.4) is 0 Å². The molecular formula is C19H16Cl4O6Sn. The molecule has 6 nitrogen and oxygen atoms in total. The van der Waals surface area contributed by atoms with E-state index in [4.69, 9.17) is 76.1 Å². The molecule has 0 spiro atoms. The van der Waals surface area contributed by atoms with Crippen LogP contribution in [0.4, 0.5) is 0 Å². The predicted molar refractivity (Wildman–Crippen MR) is 113 cm³/mol. The van der Waals surface area contributed by atoms with Crippen LogP contribution in [0.5, 0.6) is 0 Å². The first kappa shape index (κ1) is 31.0. The van der Waals surface area contributed by atoms with E-state index in [1.165, 1.54) is 22.5 Å². The van der Waals surface area contributed by atoms with Crippen molar-refractivity contribution in [2.45, 2.75) is 24.7 Å². The molecule has 0 atom stereocenters. The quantitative estimate of drug-likeness (QED) is 0.485. The summed E-state index contributed by atoms with van der Waals surface area (Å²) < 4.78 is 0.265. The summed E-state index contributed by atoms with van der Waals surface area (Å²) in [5.41, 5.74) is 2.25. The van der Waals surface area contributed by atoms with Crippen molar-refractivity contribution in [2.24, 2.45) is 0 Å². The first-order valence-electron chi connectivity index (χ1n) is 7.82. The summed E-state index contributed by atoms with van der Waals surface area (Å²) in [5.74, 6) is -3.25. The van der Waals surface area contributed by atoms with Gasteiger partial charge in [0.25, 0.3) is 0 Å². The fourth-order valence-electron chi connectivity index (χ4n) is 1.58. The standard InChI is InChI=1S/C13H7Cl4.3C2H4O2.Sn/c14-10-3-1-8(6-12(10)16)5-9-2-4-11(15)13(17)7-9;3*1-2(3)4;/h1-7H;3*1H3,(H,3,4);/q;;;;+3/p-3. The molecule has 0 radical (unpaired) electrons. The first-order chi connectivity index (χ1) is 13.7. The Labute approximate surface area is 207 Å².